The summed E-state index contributed by atoms with van der Waals surface area (Å²) in [5.74, 6) is 2.21. The molecule has 3 N–H and O–H groups in total. The Kier molecular flexibility index (Phi) is 6.75. The average Bonchev–Trinajstić information content (AvgIpc) is 3.31. The van der Waals surface area contributed by atoms with E-state index in [2.05, 4.69) is 16.4 Å². The molecule has 1 heterocycles. The number of aliphatic imine (C=N–C) groups is 1. The van der Waals surface area contributed by atoms with Crippen molar-refractivity contribution in [2.45, 2.75) is 25.3 Å². The largest absolute Gasteiger partial charge is 0.493 e. The van der Waals surface area contributed by atoms with Crippen molar-refractivity contribution in [3.05, 3.63) is 29.8 Å². The van der Waals surface area contributed by atoms with E-state index in [4.69, 9.17) is 15.2 Å². The third kappa shape index (κ3) is 5.01. The molecule has 0 bridgehead atoms. The summed E-state index contributed by atoms with van der Waals surface area (Å²) < 4.78 is 11.2. The molecule has 0 aromatic heterocycles. The van der Waals surface area contributed by atoms with Gasteiger partial charge in [0, 0.05) is 18.6 Å². The van der Waals surface area contributed by atoms with Crippen LogP contribution < -0.4 is 15.8 Å². The third-order valence-corrected chi connectivity index (χ3v) is 3.85. The molecule has 22 heavy (non-hydrogen) atoms. The van der Waals surface area contributed by atoms with Gasteiger partial charge in [-0.15, -0.1) is 24.0 Å². The Morgan fingerprint density at radius 1 is 1.32 bits per heavy atom. The van der Waals surface area contributed by atoms with Crippen LogP contribution in [0.4, 0.5) is 0 Å². The number of benzene rings is 1. The smallest absolute Gasteiger partial charge is 0.189 e. The lowest BCUT2D eigenvalue weighted by atomic mass is 10.0. The third-order valence-electron chi connectivity index (χ3n) is 3.85. The molecule has 1 aromatic rings. The van der Waals surface area contributed by atoms with Gasteiger partial charge in [0.05, 0.1) is 25.8 Å². The second kappa shape index (κ2) is 8.57. The minimum atomic E-state index is 0. The molecule has 2 aliphatic rings. The van der Waals surface area contributed by atoms with Crippen molar-refractivity contribution in [2.24, 2.45) is 16.6 Å². The number of rotatable bonds is 6. The number of fused-ring (bicyclic) bond motifs is 1. The van der Waals surface area contributed by atoms with Crippen LogP contribution in [0.2, 0.25) is 0 Å². The van der Waals surface area contributed by atoms with Gasteiger partial charge in [-0.05, 0) is 24.8 Å². The van der Waals surface area contributed by atoms with E-state index in [0.717, 1.165) is 30.3 Å². The topological polar surface area (TPSA) is 68.9 Å². The fraction of sp³-hybridized carbons (Fsp3) is 0.562. The summed E-state index contributed by atoms with van der Waals surface area (Å²) in [5, 5.41) is 3.28. The van der Waals surface area contributed by atoms with Crippen molar-refractivity contribution in [1.29, 1.82) is 0 Å². The van der Waals surface area contributed by atoms with E-state index in [-0.39, 0.29) is 30.0 Å². The van der Waals surface area contributed by atoms with Crippen molar-refractivity contribution in [1.82, 2.24) is 5.32 Å². The van der Waals surface area contributed by atoms with Crippen molar-refractivity contribution < 1.29 is 9.47 Å². The predicted octanol–water partition coefficient (Wildman–Crippen LogP) is 2.46. The number of nitrogens with zero attached hydrogens (tertiary/aromatic N) is 1. The first kappa shape index (κ1) is 17.3. The number of nitrogens with one attached hydrogen (secondary N) is 1. The van der Waals surface area contributed by atoms with E-state index in [1.807, 2.05) is 18.2 Å². The molecule has 3 rings (SSSR count). The van der Waals surface area contributed by atoms with Crippen LogP contribution in [0.1, 0.15) is 30.9 Å². The molecule has 1 saturated carbocycles. The summed E-state index contributed by atoms with van der Waals surface area (Å²) in [7, 11) is 0. The number of nitrogens with two attached hydrogens (primary N) is 1. The Morgan fingerprint density at radius 3 is 2.95 bits per heavy atom. The van der Waals surface area contributed by atoms with Crippen LogP contribution in [0.25, 0.3) is 0 Å². The molecule has 1 atom stereocenters. The maximum absolute atomic E-state index is 5.96. The van der Waals surface area contributed by atoms with Crippen LogP contribution in [-0.2, 0) is 4.74 Å². The first-order chi connectivity index (χ1) is 10.3. The van der Waals surface area contributed by atoms with E-state index in [1.54, 1.807) is 0 Å². The molecule has 0 spiro atoms. The first-order valence-corrected chi connectivity index (χ1v) is 7.69. The van der Waals surface area contributed by atoms with Crippen molar-refractivity contribution in [3.63, 3.8) is 0 Å². The average molecular weight is 417 g/mol. The number of halogens is 1. The molecule has 1 aromatic carbocycles. The van der Waals surface area contributed by atoms with Gasteiger partial charge in [0.25, 0.3) is 0 Å². The van der Waals surface area contributed by atoms with Gasteiger partial charge in [0.15, 0.2) is 5.96 Å². The quantitative estimate of drug-likeness (QED) is 0.323. The molecule has 1 aliphatic heterocycles. The van der Waals surface area contributed by atoms with Crippen LogP contribution in [0.5, 0.6) is 5.75 Å². The molecule has 122 valence electrons. The summed E-state index contributed by atoms with van der Waals surface area (Å²) in [6.07, 6.45) is 3.53. The Morgan fingerprint density at radius 2 is 2.14 bits per heavy atom. The fourth-order valence-corrected chi connectivity index (χ4v) is 2.48. The van der Waals surface area contributed by atoms with Crippen molar-refractivity contribution in [3.8, 4) is 5.75 Å². The van der Waals surface area contributed by atoms with Crippen molar-refractivity contribution in [2.75, 3.05) is 26.4 Å². The van der Waals surface area contributed by atoms with Gasteiger partial charge in [-0.25, -0.2) is 0 Å². The molecule has 6 heteroatoms. The predicted molar refractivity (Wildman–Crippen MR) is 97.9 cm³/mol. The minimum absolute atomic E-state index is 0. The van der Waals surface area contributed by atoms with Gasteiger partial charge in [-0.3, -0.25) is 4.99 Å². The number of hydrogen-bond acceptors (Lipinski definition) is 3. The lowest BCUT2D eigenvalue weighted by Crippen LogP contribution is -2.37. The first-order valence-electron chi connectivity index (χ1n) is 7.69. The van der Waals surface area contributed by atoms with Gasteiger partial charge >= 0.3 is 0 Å². The highest BCUT2D eigenvalue weighted by atomic mass is 127. The zero-order valence-corrected chi connectivity index (χ0v) is 15.0. The van der Waals surface area contributed by atoms with E-state index in [9.17, 15) is 0 Å². The Labute approximate surface area is 148 Å². The molecule has 1 aliphatic carbocycles. The minimum Gasteiger partial charge on any atom is -0.493 e. The Hall–Kier alpha value is -1.02. The molecule has 0 saturated heterocycles. The molecular formula is C16H24IN3O2. The maximum atomic E-state index is 5.96. The highest BCUT2D eigenvalue weighted by molar-refractivity contribution is 14.0. The van der Waals surface area contributed by atoms with Gasteiger partial charge in [-0.2, -0.15) is 0 Å². The van der Waals surface area contributed by atoms with E-state index >= 15 is 0 Å². The second-order valence-electron chi connectivity index (χ2n) is 5.66. The Balaban J connectivity index is 0.00000176. The van der Waals surface area contributed by atoms with Gasteiger partial charge in [0.1, 0.15) is 5.75 Å². The number of guanidine groups is 1. The van der Waals surface area contributed by atoms with Crippen LogP contribution in [0.15, 0.2) is 29.3 Å². The van der Waals surface area contributed by atoms with Crippen LogP contribution in [0.3, 0.4) is 0 Å². The number of ether oxygens (including phenoxy) is 2. The molecule has 0 amide bonds. The highest BCUT2D eigenvalue weighted by Crippen LogP contribution is 2.31. The van der Waals surface area contributed by atoms with Gasteiger partial charge < -0.3 is 20.5 Å². The summed E-state index contributed by atoms with van der Waals surface area (Å²) >= 11 is 0. The summed E-state index contributed by atoms with van der Waals surface area (Å²) in [6.45, 7) is 2.82. The molecule has 1 fully saturated rings. The van der Waals surface area contributed by atoms with Crippen LogP contribution >= 0.6 is 24.0 Å². The van der Waals surface area contributed by atoms with Crippen molar-refractivity contribution >= 4 is 29.9 Å². The van der Waals surface area contributed by atoms with Crippen LogP contribution in [-0.4, -0.2) is 32.3 Å². The monoisotopic (exact) mass is 417 g/mol. The molecule has 1 unspecified atom stereocenters. The van der Waals surface area contributed by atoms with E-state index in [0.29, 0.717) is 25.7 Å². The van der Waals surface area contributed by atoms with E-state index in [1.165, 1.54) is 12.8 Å². The van der Waals surface area contributed by atoms with E-state index < -0.39 is 0 Å². The van der Waals surface area contributed by atoms with Crippen LogP contribution in [0, 0.1) is 5.92 Å². The SMILES string of the molecule is I.NC(=NCCOCC1CC1)NC1CCOc2ccccc21. The standard InChI is InChI=1S/C16H23N3O2.HI/c17-16(18-8-10-20-11-12-5-6-12)19-14-7-9-21-15-4-2-1-3-13(14)15;/h1-4,12,14H,5-11H2,(H3,17,18,19);1H. The number of hydrogen-bond donors (Lipinski definition) is 2. The fourth-order valence-electron chi connectivity index (χ4n) is 2.48. The lowest BCUT2D eigenvalue weighted by molar-refractivity contribution is 0.132. The maximum Gasteiger partial charge on any atom is 0.189 e. The normalized spacial score (nSPS) is 20.5. The summed E-state index contributed by atoms with van der Waals surface area (Å²) in [6, 6.07) is 8.23. The summed E-state index contributed by atoms with van der Waals surface area (Å²) in [4.78, 5) is 4.33. The molecule has 0 radical (unpaired) electrons. The lowest BCUT2D eigenvalue weighted by Gasteiger charge is -2.26. The zero-order chi connectivity index (χ0) is 14.5. The Bertz CT molecular complexity index is 506. The van der Waals surface area contributed by atoms with Gasteiger partial charge in [0.2, 0.25) is 0 Å². The zero-order valence-electron chi connectivity index (χ0n) is 12.7. The number of para-hydroxylation sites is 1. The molecule has 5 nitrogen and oxygen atoms in total. The molecular weight excluding hydrogens is 393 g/mol. The second-order valence-corrected chi connectivity index (χ2v) is 5.66. The highest BCUT2D eigenvalue weighted by Gasteiger charge is 2.21. The van der Waals surface area contributed by atoms with Gasteiger partial charge in [-0.1, -0.05) is 18.2 Å². The summed E-state index contributed by atoms with van der Waals surface area (Å²) in [5.41, 5.74) is 7.10.